The molecule has 0 spiro atoms. The van der Waals surface area contributed by atoms with Gasteiger partial charge < -0.3 is 9.84 Å². The van der Waals surface area contributed by atoms with Gasteiger partial charge >= 0.3 is 5.97 Å². The highest BCUT2D eigenvalue weighted by Gasteiger charge is 2.26. The number of hydrogen-bond donors (Lipinski definition) is 1. The molecule has 1 aliphatic rings. The Morgan fingerprint density at radius 3 is 2.89 bits per heavy atom. The number of hydrogen-bond acceptors (Lipinski definition) is 3. The molecule has 5 heteroatoms. The fourth-order valence-corrected chi connectivity index (χ4v) is 2.78. The van der Waals surface area contributed by atoms with Crippen LogP contribution in [0.2, 0.25) is 5.02 Å². The lowest BCUT2D eigenvalue weighted by molar-refractivity contribution is 0.0695. The second-order valence-electron chi connectivity index (χ2n) is 4.93. The molecule has 1 aromatic rings. The van der Waals surface area contributed by atoms with Crippen molar-refractivity contribution >= 4 is 17.6 Å². The number of aromatic carboxylic acids is 1. The van der Waals surface area contributed by atoms with E-state index in [0.717, 1.165) is 19.3 Å². The highest BCUT2D eigenvalue weighted by Crippen LogP contribution is 2.32. The fraction of sp³-hybridized carbons (Fsp3) is 0.571. The van der Waals surface area contributed by atoms with Gasteiger partial charge in [-0.05, 0) is 37.7 Å². The van der Waals surface area contributed by atoms with Crippen LogP contribution in [-0.2, 0) is 0 Å². The Morgan fingerprint density at radius 1 is 1.53 bits per heavy atom. The van der Waals surface area contributed by atoms with Gasteiger partial charge in [0.2, 0.25) is 5.88 Å². The van der Waals surface area contributed by atoms with E-state index in [2.05, 4.69) is 11.9 Å². The minimum Gasteiger partial charge on any atom is -0.478 e. The Morgan fingerprint density at radius 2 is 2.26 bits per heavy atom. The number of nitrogens with zero attached hydrogens (tertiary/aromatic N) is 1. The number of carbonyl (C=O) groups is 1. The quantitative estimate of drug-likeness (QED) is 0.913. The average Bonchev–Trinajstić information content (AvgIpc) is 2.41. The van der Waals surface area contributed by atoms with Crippen LogP contribution >= 0.6 is 11.6 Å². The van der Waals surface area contributed by atoms with E-state index in [1.807, 2.05) is 0 Å². The van der Waals surface area contributed by atoms with Crippen molar-refractivity contribution in [2.75, 3.05) is 0 Å². The Kier molecular flexibility index (Phi) is 4.64. The summed E-state index contributed by atoms with van der Waals surface area (Å²) in [4.78, 5) is 14.8. The summed E-state index contributed by atoms with van der Waals surface area (Å²) in [5.41, 5.74) is 0.0769. The first-order valence-corrected chi connectivity index (χ1v) is 7.05. The third-order valence-corrected chi connectivity index (χ3v) is 3.95. The number of carboxylic acid groups (broad SMARTS) is 1. The Hall–Kier alpha value is -1.29. The summed E-state index contributed by atoms with van der Waals surface area (Å²) in [6, 6.07) is 1.38. The summed E-state index contributed by atoms with van der Waals surface area (Å²) < 4.78 is 5.89. The molecule has 0 bridgehead atoms. The van der Waals surface area contributed by atoms with E-state index in [-0.39, 0.29) is 16.7 Å². The van der Waals surface area contributed by atoms with E-state index in [4.69, 9.17) is 21.4 Å². The van der Waals surface area contributed by atoms with Crippen LogP contribution < -0.4 is 4.74 Å². The number of carboxylic acids is 1. The summed E-state index contributed by atoms with van der Waals surface area (Å²) >= 11 is 6.03. The van der Waals surface area contributed by atoms with Gasteiger partial charge in [0.15, 0.2) is 0 Å². The summed E-state index contributed by atoms with van der Waals surface area (Å²) in [6.07, 6.45) is 7.09. The number of pyridine rings is 1. The van der Waals surface area contributed by atoms with Crippen LogP contribution in [0.15, 0.2) is 12.3 Å². The van der Waals surface area contributed by atoms with Crippen molar-refractivity contribution in [1.29, 1.82) is 0 Å². The average molecular weight is 284 g/mol. The van der Waals surface area contributed by atoms with E-state index in [1.54, 1.807) is 0 Å². The Labute approximate surface area is 117 Å². The van der Waals surface area contributed by atoms with Crippen LogP contribution in [0, 0.1) is 5.92 Å². The number of aromatic nitrogens is 1. The molecule has 2 rings (SSSR count). The fourth-order valence-electron chi connectivity index (χ4n) is 2.57. The first-order chi connectivity index (χ1) is 9.11. The Bertz CT molecular complexity index is 464. The molecule has 2 unspecified atom stereocenters. The molecule has 1 aromatic heterocycles. The zero-order chi connectivity index (χ0) is 13.8. The van der Waals surface area contributed by atoms with Crippen molar-refractivity contribution in [3.05, 3.63) is 22.8 Å². The van der Waals surface area contributed by atoms with Crippen molar-refractivity contribution < 1.29 is 14.6 Å². The van der Waals surface area contributed by atoms with Crippen LogP contribution in [0.1, 0.15) is 49.4 Å². The predicted octanol–water partition coefficient (Wildman–Crippen LogP) is 3.78. The first-order valence-electron chi connectivity index (χ1n) is 6.67. The molecule has 104 valence electrons. The van der Waals surface area contributed by atoms with Gasteiger partial charge in [0.25, 0.3) is 0 Å². The van der Waals surface area contributed by atoms with Crippen LogP contribution in [-0.4, -0.2) is 22.2 Å². The summed E-state index contributed by atoms with van der Waals surface area (Å²) in [7, 11) is 0. The highest BCUT2D eigenvalue weighted by atomic mass is 35.5. The molecule has 4 nitrogen and oxygen atoms in total. The first kappa shape index (κ1) is 14.1. The molecule has 1 fully saturated rings. The lowest BCUT2D eigenvalue weighted by Gasteiger charge is -2.30. The maximum Gasteiger partial charge on any atom is 0.337 e. The van der Waals surface area contributed by atoms with Gasteiger partial charge in [-0.2, -0.15) is 0 Å². The normalized spacial score (nSPS) is 23.1. The molecule has 0 amide bonds. The number of ether oxygens (including phenoxy) is 1. The predicted molar refractivity (Wildman–Crippen MR) is 72.9 cm³/mol. The van der Waals surface area contributed by atoms with Gasteiger partial charge in [0.1, 0.15) is 11.1 Å². The summed E-state index contributed by atoms with van der Waals surface area (Å²) in [5, 5.41) is 9.13. The van der Waals surface area contributed by atoms with Gasteiger partial charge in [-0.25, -0.2) is 9.78 Å². The van der Waals surface area contributed by atoms with Crippen molar-refractivity contribution in [3.8, 4) is 5.88 Å². The monoisotopic (exact) mass is 283 g/mol. The third-order valence-electron chi connectivity index (χ3n) is 3.68. The molecule has 19 heavy (non-hydrogen) atoms. The molecule has 0 aromatic carbocycles. The maximum absolute atomic E-state index is 10.8. The second-order valence-corrected chi connectivity index (χ2v) is 5.33. The van der Waals surface area contributed by atoms with Gasteiger partial charge in [0, 0.05) is 6.20 Å². The van der Waals surface area contributed by atoms with E-state index >= 15 is 0 Å². The zero-order valence-corrected chi connectivity index (χ0v) is 11.7. The zero-order valence-electron chi connectivity index (χ0n) is 10.9. The largest absolute Gasteiger partial charge is 0.478 e. The van der Waals surface area contributed by atoms with Crippen LogP contribution in [0.3, 0.4) is 0 Å². The third kappa shape index (κ3) is 3.38. The van der Waals surface area contributed by atoms with E-state index in [1.165, 1.54) is 25.1 Å². The molecule has 1 N–H and O–H groups in total. The van der Waals surface area contributed by atoms with Crippen molar-refractivity contribution in [2.24, 2.45) is 5.92 Å². The smallest absolute Gasteiger partial charge is 0.337 e. The molecular formula is C14H18ClNO3. The van der Waals surface area contributed by atoms with Gasteiger partial charge in [0.05, 0.1) is 5.56 Å². The van der Waals surface area contributed by atoms with E-state index < -0.39 is 5.97 Å². The minimum absolute atomic E-state index is 0.0769. The summed E-state index contributed by atoms with van der Waals surface area (Å²) in [6.45, 7) is 2.16. The second kappa shape index (κ2) is 6.24. The van der Waals surface area contributed by atoms with Crippen LogP contribution in [0.25, 0.3) is 0 Å². The van der Waals surface area contributed by atoms with Gasteiger partial charge in [-0.3, -0.25) is 0 Å². The molecule has 0 saturated heterocycles. The molecule has 0 aliphatic heterocycles. The lowest BCUT2D eigenvalue weighted by Crippen LogP contribution is -2.30. The van der Waals surface area contributed by atoms with Gasteiger partial charge in [-0.15, -0.1) is 0 Å². The van der Waals surface area contributed by atoms with E-state index in [9.17, 15) is 4.79 Å². The number of halogens is 1. The molecule has 1 heterocycles. The molecule has 0 radical (unpaired) electrons. The molecular weight excluding hydrogens is 266 g/mol. The topological polar surface area (TPSA) is 59.4 Å². The molecule has 1 aliphatic carbocycles. The Balaban J connectivity index is 2.11. The SMILES string of the molecule is CCC1CCCCC1Oc1ncc(C(=O)O)cc1Cl. The molecule has 1 saturated carbocycles. The maximum atomic E-state index is 10.8. The van der Waals surface area contributed by atoms with Crippen LogP contribution in [0.4, 0.5) is 0 Å². The number of rotatable bonds is 4. The van der Waals surface area contributed by atoms with Crippen molar-refractivity contribution in [1.82, 2.24) is 4.98 Å². The summed E-state index contributed by atoms with van der Waals surface area (Å²) in [5.74, 6) is -0.159. The van der Waals surface area contributed by atoms with Crippen LogP contribution in [0.5, 0.6) is 5.88 Å². The highest BCUT2D eigenvalue weighted by molar-refractivity contribution is 6.32. The van der Waals surface area contributed by atoms with E-state index in [0.29, 0.717) is 11.8 Å². The lowest BCUT2D eigenvalue weighted by atomic mass is 9.85. The van der Waals surface area contributed by atoms with Crippen molar-refractivity contribution in [2.45, 2.75) is 45.1 Å². The molecule has 2 atom stereocenters. The van der Waals surface area contributed by atoms with Crippen molar-refractivity contribution in [3.63, 3.8) is 0 Å². The minimum atomic E-state index is -1.04. The van der Waals surface area contributed by atoms with Gasteiger partial charge in [-0.1, -0.05) is 24.9 Å². The standard InChI is InChI=1S/C14H18ClNO3/c1-2-9-5-3-4-6-12(9)19-13-11(15)7-10(8-16-13)14(17)18/h7-9,12H,2-6H2,1H3,(H,17,18).